The maximum atomic E-state index is 5.45. The number of nitrogens with one attached hydrogen (secondary N) is 1. The second-order valence-electron chi connectivity index (χ2n) is 5.06. The topological polar surface area (TPSA) is 21.3 Å². The largest absolute Gasteiger partial charge is 0.496 e. The van der Waals surface area contributed by atoms with E-state index in [9.17, 15) is 0 Å². The molecule has 0 spiro atoms. The first kappa shape index (κ1) is 12.4. The van der Waals surface area contributed by atoms with Crippen LogP contribution in [0.25, 0.3) is 0 Å². The Morgan fingerprint density at radius 2 is 2.12 bits per heavy atom. The van der Waals surface area contributed by atoms with Crippen LogP contribution in [0.3, 0.4) is 0 Å². The van der Waals surface area contributed by atoms with E-state index in [0.717, 1.165) is 12.3 Å². The van der Waals surface area contributed by atoms with E-state index >= 15 is 0 Å². The molecule has 1 aliphatic rings. The molecule has 1 saturated carbocycles. The van der Waals surface area contributed by atoms with E-state index in [-0.39, 0.29) is 0 Å². The van der Waals surface area contributed by atoms with Gasteiger partial charge in [-0.25, -0.2) is 0 Å². The van der Waals surface area contributed by atoms with Crippen LogP contribution in [0.5, 0.6) is 5.75 Å². The number of aryl methyl sites for hydroxylation is 1. The Morgan fingerprint density at radius 1 is 1.35 bits per heavy atom. The van der Waals surface area contributed by atoms with Crippen LogP contribution in [0.4, 0.5) is 0 Å². The quantitative estimate of drug-likeness (QED) is 0.843. The summed E-state index contributed by atoms with van der Waals surface area (Å²) in [5.74, 6) is 1.73. The van der Waals surface area contributed by atoms with Crippen molar-refractivity contribution >= 4 is 0 Å². The first-order valence-corrected chi connectivity index (χ1v) is 6.62. The van der Waals surface area contributed by atoms with Gasteiger partial charge in [0.2, 0.25) is 0 Å². The molecule has 94 valence electrons. The van der Waals surface area contributed by atoms with Crippen LogP contribution in [0.2, 0.25) is 0 Å². The Labute approximate surface area is 104 Å². The lowest BCUT2D eigenvalue weighted by molar-refractivity contribution is 0.284. The van der Waals surface area contributed by atoms with Crippen molar-refractivity contribution < 1.29 is 4.74 Å². The maximum Gasteiger partial charge on any atom is 0.122 e. The van der Waals surface area contributed by atoms with E-state index in [4.69, 9.17) is 4.74 Å². The third kappa shape index (κ3) is 2.81. The van der Waals surface area contributed by atoms with E-state index in [2.05, 4.69) is 37.4 Å². The van der Waals surface area contributed by atoms with Gasteiger partial charge in [0.1, 0.15) is 5.75 Å². The highest BCUT2D eigenvalue weighted by molar-refractivity contribution is 5.40. The first-order chi connectivity index (χ1) is 8.24. The summed E-state index contributed by atoms with van der Waals surface area (Å²) in [4.78, 5) is 0. The Balaban J connectivity index is 1.98. The standard InChI is InChI=1S/C15H23NO/c1-4-7-16-13-9-12(10-13)14-8-11(2)5-6-15(14)17-3/h5-6,8,12-13,16H,4,7,9-10H2,1-3H3. The molecule has 2 nitrogen and oxygen atoms in total. The minimum atomic E-state index is 0.680. The SMILES string of the molecule is CCCNC1CC(c2cc(C)ccc2OC)C1. The van der Waals surface area contributed by atoms with Crippen molar-refractivity contribution in [3.05, 3.63) is 29.3 Å². The van der Waals surface area contributed by atoms with Crippen LogP contribution in [0.15, 0.2) is 18.2 Å². The first-order valence-electron chi connectivity index (χ1n) is 6.62. The van der Waals surface area contributed by atoms with Gasteiger partial charge in [-0.2, -0.15) is 0 Å². The molecule has 0 aromatic heterocycles. The normalized spacial score (nSPS) is 23.2. The van der Waals surface area contributed by atoms with E-state index in [1.807, 2.05) is 0 Å². The van der Waals surface area contributed by atoms with Crippen molar-refractivity contribution in [2.75, 3.05) is 13.7 Å². The maximum absolute atomic E-state index is 5.45. The zero-order valence-electron chi connectivity index (χ0n) is 11.1. The fraction of sp³-hybridized carbons (Fsp3) is 0.600. The van der Waals surface area contributed by atoms with Gasteiger partial charge in [-0.3, -0.25) is 0 Å². The van der Waals surface area contributed by atoms with Crippen molar-refractivity contribution in [1.29, 1.82) is 0 Å². The van der Waals surface area contributed by atoms with Crippen LogP contribution < -0.4 is 10.1 Å². The van der Waals surface area contributed by atoms with Gasteiger partial charge in [-0.15, -0.1) is 0 Å². The Kier molecular flexibility index (Phi) is 4.06. The number of hydrogen-bond acceptors (Lipinski definition) is 2. The number of rotatable bonds is 5. The molecule has 2 heteroatoms. The van der Waals surface area contributed by atoms with Gasteiger partial charge in [-0.05, 0) is 50.3 Å². The molecule has 0 unspecified atom stereocenters. The number of benzene rings is 1. The van der Waals surface area contributed by atoms with E-state index in [1.165, 1.54) is 30.4 Å². The predicted octanol–water partition coefficient (Wildman–Crippen LogP) is 3.25. The third-order valence-corrected chi connectivity index (χ3v) is 3.65. The summed E-state index contributed by atoms with van der Waals surface area (Å²) in [5, 5.41) is 3.58. The molecule has 1 fully saturated rings. The van der Waals surface area contributed by atoms with Crippen LogP contribution in [-0.2, 0) is 0 Å². The van der Waals surface area contributed by atoms with Crippen LogP contribution >= 0.6 is 0 Å². The smallest absolute Gasteiger partial charge is 0.122 e. The summed E-state index contributed by atoms with van der Waals surface area (Å²) in [6, 6.07) is 7.20. The molecule has 0 aliphatic heterocycles. The average Bonchev–Trinajstić information content (AvgIpc) is 2.27. The molecular weight excluding hydrogens is 210 g/mol. The van der Waals surface area contributed by atoms with Gasteiger partial charge in [-0.1, -0.05) is 24.6 Å². The highest BCUT2D eigenvalue weighted by atomic mass is 16.5. The van der Waals surface area contributed by atoms with Crippen LogP contribution in [-0.4, -0.2) is 19.7 Å². The monoisotopic (exact) mass is 233 g/mol. The molecule has 1 aromatic rings. The molecule has 1 aliphatic carbocycles. The fourth-order valence-corrected chi connectivity index (χ4v) is 2.56. The Hall–Kier alpha value is -1.02. The molecule has 0 saturated heterocycles. The second kappa shape index (κ2) is 5.54. The molecule has 0 amide bonds. The minimum Gasteiger partial charge on any atom is -0.496 e. The summed E-state index contributed by atoms with van der Waals surface area (Å²) in [7, 11) is 1.76. The molecule has 0 atom stereocenters. The molecule has 0 bridgehead atoms. The summed E-state index contributed by atoms with van der Waals surface area (Å²) >= 11 is 0. The van der Waals surface area contributed by atoms with Crippen LogP contribution in [0, 0.1) is 6.92 Å². The third-order valence-electron chi connectivity index (χ3n) is 3.65. The highest BCUT2D eigenvalue weighted by Gasteiger charge is 2.31. The summed E-state index contributed by atoms with van der Waals surface area (Å²) in [6.07, 6.45) is 3.72. The molecule has 2 rings (SSSR count). The van der Waals surface area contributed by atoms with Gasteiger partial charge < -0.3 is 10.1 Å². The molecular formula is C15H23NO. The van der Waals surface area contributed by atoms with Crippen molar-refractivity contribution in [3.63, 3.8) is 0 Å². The van der Waals surface area contributed by atoms with E-state index < -0.39 is 0 Å². The summed E-state index contributed by atoms with van der Waals surface area (Å²) in [5.41, 5.74) is 2.72. The van der Waals surface area contributed by atoms with Gasteiger partial charge in [0.25, 0.3) is 0 Å². The Morgan fingerprint density at radius 3 is 2.76 bits per heavy atom. The number of hydrogen-bond donors (Lipinski definition) is 1. The summed E-state index contributed by atoms with van der Waals surface area (Å²) in [6.45, 7) is 5.50. The molecule has 0 heterocycles. The average molecular weight is 233 g/mol. The van der Waals surface area contributed by atoms with Gasteiger partial charge in [0.05, 0.1) is 7.11 Å². The van der Waals surface area contributed by atoms with Crippen molar-refractivity contribution in [1.82, 2.24) is 5.32 Å². The number of methoxy groups -OCH3 is 1. The lowest BCUT2D eigenvalue weighted by atomic mass is 9.75. The van der Waals surface area contributed by atoms with Crippen molar-refractivity contribution in [2.24, 2.45) is 0 Å². The Bertz CT molecular complexity index is 369. The van der Waals surface area contributed by atoms with Crippen molar-refractivity contribution in [2.45, 2.75) is 45.1 Å². The fourth-order valence-electron chi connectivity index (χ4n) is 2.56. The van der Waals surface area contributed by atoms with Gasteiger partial charge in [0.15, 0.2) is 0 Å². The van der Waals surface area contributed by atoms with Gasteiger partial charge in [0, 0.05) is 6.04 Å². The lowest BCUT2D eigenvalue weighted by Crippen LogP contribution is -2.40. The predicted molar refractivity (Wildman–Crippen MR) is 71.8 cm³/mol. The lowest BCUT2D eigenvalue weighted by Gasteiger charge is -2.37. The molecule has 17 heavy (non-hydrogen) atoms. The molecule has 1 aromatic carbocycles. The second-order valence-corrected chi connectivity index (χ2v) is 5.06. The van der Waals surface area contributed by atoms with Gasteiger partial charge >= 0.3 is 0 Å². The zero-order chi connectivity index (χ0) is 12.3. The molecule has 1 N–H and O–H groups in total. The highest BCUT2D eigenvalue weighted by Crippen LogP contribution is 2.41. The van der Waals surface area contributed by atoms with Crippen LogP contribution in [0.1, 0.15) is 43.2 Å². The summed E-state index contributed by atoms with van der Waals surface area (Å²) < 4.78 is 5.45. The van der Waals surface area contributed by atoms with Crippen molar-refractivity contribution in [3.8, 4) is 5.75 Å². The number of ether oxygens (including phenoxy) is 1. The van der Waals surface area contributed by atoms with E-state index in [0.29, 0.717) is 12.0 Å². The molecule has 0 radical (unpaired) electrons. The minimum absolute atomic E-state index is 0.680. The zero-order valence-corrected chi connectivity index (χ0v) is 11.1. The van der Waals surface area contributed by atoms with E-state index in [1.54, 1.807) is 7.11 Å².